The topological polar surface area (TPSA) is 122 Å². The molecule has 0 amide bonds. The summed E-state index contributed by atoms with van der Waals surface area (Å²) in [4.78, 5) is 62.9. The van der Waals surface area contributed by atoms with Crippen LogP contribution in [-0.4, -0.2) is 60.7 Å². The molecule has 3 rings (SSSR count). The summed E-state index contributed by atoms with van der Waals surface area (Å²) in [6.45, 7) is 24.4. The van der Waals surface area contributed by atoms with Crippen molar-refractivity contribution in [3.05, 3.63) is 109 Å². The van der Waals surface area contributed by atoms with E-state index < -0.39 is 7.92 Å². The van der Waals surface area contributed by atoms with Gasteiger partial charge in [0.15, 0.2) is 0 Å². The molecule has 0 fully saturated rings. The van der Waals surface area contributed by atoms with Crippen LogP contribution in [0.2, 0.25) is 0 Å². The van der Waals surface area contributed by atoms with E-state index in [4.69, 9.17) is 18.9 Å². The summed E-state index contributed by atoms with van der Waals surface area (Å²) in [5.41, 5.74) is 1.12. The maximum absolute atomic E-state index is 12.7. The molecule has 636 valence electrons. The van der Waals surface area contributed by atoms with Crippen molar-refractivity contribution in [1.29, 1.82) is 0 Å². The zero-order valence-corrected chi connectivity index (χ0v) is 74.8. The van der Waals surface area contributed by atoms with Gasteiger partial charge in [-0.3, -0.25) is 24.0 Å². The van der Waals surface area contributed by atoms with Gasteiger partial charge >= 0.3 is 23.9 Å². The van der Waals surface area contributed by atoms with Crippen LogP contribution in [0.4, 0.5) is 0 Å². The molecule has 0 aliphatic carbocycles. The maximum atomic E-state index is 12.7. The summed E-state index contributed by atoms with van der Waals surface area (Å²) in [5.74, 6) is -0.307. The zero-order chi connectivity index (χ0) is 79.1. The van der Waals surface area contributed by atoms with E-state index in [1.165, 1.54) is 216 Å². The minimum atomic E-state index is -0.545. The molecule has 3 aromatic carbocycles. The standard InChI is InChI=1S/C40H76O4.C39H74O5.C13H13P.C6H6.CH4.BrH/c1-6-10-14-18-22-30-37(31-23-19-15-11-7-2)43-39(41)34-26-28-36(5)29-27-35-40(42)44-38(32-24-20-16-12-8-3)33-25-21-17-13-9-4;1-5-9-13-17-21-29-36(30-22-18-14-10-6-2)43-38(41)33-25-27-35(40)28-26-34-39(42)44-37(31-23-19-15-11-7-3)32-24-20-16-12-8-4;1-14(12-8-4-2-5-9-12)13-10-6-3-7-11-13;1-2-4-6-5-3-1;;/h37-38H,5-35H2,1-4H3;36-37H,5-34H2,1-4H3;2-11H,1H3;1-6H;1H4;1H. The van der Waals surface area contributed by atoms with Gasteiger partial charge in [-0.2, -0.15) is 0 Å². The van der Waals surface area contributed by atoms with Crippen LogP contribution in [0.25, 0.3) is 0 Å². The van der Waals surface area contributed by atoms with Crippen LogP contribution in [-0.2, 0) is 42.9 Å². The van der Waals surface area contributed by atoms with Gasteiger partial charge < -0.3 is 35.9 Å². The third-order valence-corrected chi connectivity index (χ3v) is 23.2. The average Bonchev–Trinajstić information content (AvgIpc) is 0.867. The second-order valence-corrected chi connectivity index (χ2v) is 33.7. The fourth-order valence-corrected chi connectivity index (χ4v) is 15.6. The molecule has 0 spiro atoms. The summed E-state index contributed by atoms with van der Waals surface area (Å²) >= 11 is 0. The van der Waals surface area contributed by atoms with E-state index in [0.717, 1.165) is 134 Å². The van der Waals surface area contributed by atoms with Gasteiger partial charge in [-0.15, -0.1) is 0 Å². The molecule has 0 saturated carbocycles. The van der Waals surface area contributed by atoms with E-state index in [-0.39, 0.29) is 78.5 Å². The molecule has 0 aliphatic heterocycles. The molecule has 0 N–H and O–H groups in total. The number of ether oxygens (including phenoxy) is 4. The van der Waals surface area contributed by atoms with Crippen LogP contribution >= 0.6 is 7.92 Å². The van der Waals surface area contributed by atoms with Crippen LogP contribution in [0.15, 0.2) is 109 Å². The van der Waals surface area contributed by atoms with Gasteiger partial charge in [0.2, 0.25) is 0 Å². The number of hydrogen-bond acceptors (Lipinski definition) is 9. The van der Waals surface area contributed by atoms with E-state index in [1.54, 1.807) is 0 Å². The summed E-state index contributed by atoms with van der Waals surface area (Å²) < 4.78 is 23.7. The molecule has 0 heterocycles. The van der Waals surface area contributed by atoms with Gasteiger partial charge in [0.1, 0.15) is 30.2 Å². The van der Waals surface area contributed by atoms with Crippen molar-refractivity contribution < 1.29 is 59.9 Å². The van der Waals surface area contributed by atoms with Crippen molar-refractivity contribution in [1.82, 2.24) is 0 Å². The summed E-state index contributed by atoms with van der Waals surface area (Å²) in [5, 5.41) is 2.95. The lowest BCUT2D eigenvalue weighted by Crippen LogP contribution is -3.00. The number of carbonyl (C=O) groups is 5. The largest absolute Gasteiger partial charge is 1.00 e. The number of halogens is 1. The summed E-state index contributed by atoms with van der Waals surface area (Å²) in [6, 6.07) is 33.5. The molecule has 3 aromatic rings. The van der Waals surface area contributed by atoms with Gasteiger partial charge in [0.25, 0.3) is 0 Å². The number of benzene rings is 3. The fourth-order valence-electron chi connectivity index (χ4n) is 13.8. The second-order valence-electron chi connectivity index (χ2n) is 31.3. The molecule has 110 heavy (non-hydrogen) atoms. The molecular weight excluding hydrogens is 1440 g/mol. The number of unbranched alkanes of at least 4 members (excludes halogenated alkanes) is 32. The number of esters is 4. The van der Waals surface area contributed by atoms with Crippen molar-refractivity contribution in [2.45, 2.75) is 472 Å². The molecule has 9 nitrogen and oxygen atoms in total. The minimum Gasteiger partial charge on any atom is -1.00 e. The molecule has 0 aliphatic rings. The molecule has 0 atom stereocenters. The Morgan fingerprint density at radius 1 is 0.264 bits per heavy atom. The van der Waals surface area contributed by atoms with Gasteiger partial charge in [-0.25, -0.2) is 0 Å². The van der Waals surface area contributed by atoms with Gasteiger partial charge in [0.05, 0.1) is 25.2 Å². The van der Waals surface area contributed by atoms with E-state index in [0.29, 0.717) is 51.4 Å². The zero-order valence-electron chi connectivity index (χ0n) is 72.2. The molecule has 0 unspecified atom stereocenters. The van der Waals surface area contributed by atoms with Crippen LogP contribution in [0.3, 0.4) is 0 Å². The normalized spacial score (nSPS) is 10.9. The lowest BCUT2D eigenvalue weighted by Gasteiger charge is -2.18. The first-order valence-corrected chi connectivity index (χ1v) is 47.7. The molecule has 0 saturated heterocycles. The Labute approximate surface area is 692 Å². The smallest absolute Gasteiger partial charge is 0.306 e. The van der Waals surface area contributed by atoms with Crippen LogP contribution in [0.5, 0.6) is 0 Å². The number of allylic oxidation sites excluding steroid dienone is 1. The number of Topliss-reactive ketones (excluding diaryl/α,β-unsaturated/α-hetero) is 1. The predicted molar refractivity (Wildman–Crippen MR) is 476 cm³/mol. The van der Waals surface area contributed by atoms with Crippen molar-refractivity contribution in [2.24, 2.45) is 0 Å². The molecule has 11 heteroatoms. The Morgan fingerprint density at radius 3 is 0.627 bits per heavy atom. The van der Waals surface area contributed by atoms with Crippen molar-refractivity contribution >= 4 is 48.2 Å². The highest BCUT2D eigenvalue weighted by molar-refractivity contribution is 7.72. The first-order valence-electron chi connectivity index (χ1n) is 45.7. The second kappa shape index (κ2) is 85.7. The highest BCUT2D eigenvalue weighted by atomic mass is 79.9. The molecule has 0 bridgehead atoms. The highest BCUT2D eigenvalue weighted by Gasteiger charge is 2.20. The molecule has 0 radical (unpaired) electrons. The third-order valence-electron chi connectivity index (χ3n) is 20.8. The Bertz CT molecular complexity index is 2100. The SMILES string of the molecule is C.C=C(CCCC(=O)OC(CCCCCCC)CCCCCCC)CCCC(=O)OC(CCCCCCC)CCCCCCC.CCCCCCCC(CCCCCCC)OC(=O)CCCC(=O)CCCC(=O)OC(CCCCCCC)CCCCCCC.C[PH+](c1ccccc1)c1ccccc1.[Br-].c1ccccc1. The van der Waals surface area contributed by atoms with Crippen LogP contribution in [0, 0.1) is 0 Å². The Morgan fingerprint density at radius 2 is 0.436 bits per heavy atom. The lowest BCUT2D eigenvalue weighted by molar-refractivity contribution is -0.151. The van der Waals surface area contributed by atoms with E-state index in [9.17, 15) is 24.0 Å². The van der Waals surface area contributed by atoms with Crippen molar-refractivity contribution in [3.63, 3.8) is 0 Å². The number of carbonyl (C=O) groups excluding carboxylic acids is 5. The van der Waals surface area contributed by atoms with E-state index in [1.807, 2.05) is 36.4 Å². The number of ketones is 1. The summed E-state index contributed by atoms with van der Waals surface area (Å²) in [6.07, 6.45) is 63.8. The monoisotopic (exact) mass is 1620 g/mol. The Balaban J connectivity index is -0.00000162. The third kappa shape index (κ3) is 74.0. The quantitative estimate of drug-likeness (QED) is 0.0179. The number of hydrogen-bond donors (Lipinski definition) is 0. The fraction of sp³-hybridized carbons (Fsp3) is 0.747. The van der Waals surface area contributed by atoms with E-state index >= 15 is 0 Å². The van der Waals surface area contributed by atoms with Gasteiger partial charge in [0, 0.05) is 38.5 Å². The van der Waals surface area contributed by atoms with Gasteiger partial charge in [-0.05, 0) is 166 Å². The van der Waals surface area contributed by atoms with Crippen molar-refractivity contribution in [3.8, 4) is 0 Å². The predicted octanol–water partition coefficient (Wildman–Crippen LogP) is 27.1. The Kier molecular flexibility index (Phi) is 85.8. The van der Waals surface area contributed by atoms with Gasteiger partial charge in [-0.1, -0.05) is 353 Å². The first kappa shape index (κ1) is 110. The molecule has 0 aromatic heterocycles. The first-order chi connectivity index (χ1) is 52.8. The lowest BCUT2D eigenvalue weighted by atomic mass is 10.0. The molecular formula is C99H174BrO9P. The number of rotatable bonds is 70. The minimum absolute atomic E-state index is 0. The highest BCUT2D eigenvalue weighted by Crippen LogP contribution is 2.28. The van der Waals surface area contributed by atoms with Crippen molar-refractivity contribution in [2.75, 3.05) is 6.66 Å². The Hall–Kier alpha value is -4.14. The van der Waals surface area contributed by atoms with Crippen LogP contribution < -0.4 is 27.6 Å². The van der Waals surface area contributed by atoms with Crippen LogP contribution in [0.1, 0.15) is 448 Å². The maximum Gasteiger partial charge on any atom is 0.306 e. The van der Waals surface area contributed by atoms with E-state index in [2.05, 4.69) is 129 Å². The summed E-state index contributed by atoms with van der Waals surface area (Å²) in [7, 11) is -0.545. The average molecular weight is 1620 g/mol.